The highest BCUT2D eigenvalue weighted by Crippen LogP contribution is 2.32. The third-order valence-electron chi connectivity index (χ3n) is 2.86. The summed E-state index contributed by atoms with van der Waals surface area (Å²) >= 11 is 0. The van der Waals surface area contributed by atoms with E-state index in [1.54, 1.807) is 0 Å². The molecule has 5 nitrogen and oxygen atoms in total. The van der Waals surface area contributed by atoms with Gasteiger partial charge in [-0.25, -0.2) is 14.2 Å². The number of halogens is 4. The molecule has 0 saturated heterocycles. The van der Waals surface area contributed by atoms with E-state index in [-0.39, 0.29) is 17.1 Å². The molecular formula is C14H11F4N3O2. The molecule has 23 heavy (non-hydrogen) atoms. The second-order valence-electron chi connectivity index (χ2n) is 4.45. The predicted molar refractivity (Wildman–Crippen MR) is 74.7 cm³/mol. The lowest BCUT2D eigenvalue weighted by molar-refractivity contribution is -0.137. The van der Waals surface area contributed by atoms with E-state index in [1.165, 1.54) is 12.1 Å². The maximum atomic E-state index is 13.4. The maximum Gasteiger partial charge on any atom is 0.416 e. The van der Waals surface area contributed by atoms with Gasteiger partial charge in [0, 0.05) is 5.69 Å². The minimum Gasteiger partial charge on any atom is -0.465 e. The number of rotatable bonds is 3. The lowest BCUT2D eigenvalue weighted by Gasteiger charge is -2.13. The molecule has 3 N–H and O–H groups in total. The molecule has 9 heteroatoms. The number of nitrogens with one attached hydrogen (secondary N) is 1. The van der Waals surface area contributed by atoms with Crippen molar-refractivity contribution in [2.75, 3.05) is 18.2 Å². The van der Waals surface area contributed by atoms with Crippen molar-refractivity contribution in [1.29, 1.82) is 0 Å². The minimum absolute atomic E-state index is 0.00323. The van der Waals surface area contributed by atoms with Crippen LogP contribution in [0.2, 0.25) is 0 Å². The number of esters is 1. The van der Waals surface area contributed by atoms with Gasteiger partial charge >= 0.3 is 12.1 Å². The maximum absolute atomic E-state index is 13.4. The van der Waals surface area contributed by atoms with Crippen LogP contribution in [0.5, 0.6) is 0 Å². The molecule has 0 atom stereocenters. The molecule has 1 aromatic carbocycles. The molecular weight excluding hydrogens is 318 g/mol. The Balaban J connectivity index is 2.44. The van der Waals surface area contributed by atoms with Crippen molar-refractivity contribution in [2.45, 2.75) is 6.18 Å². The molecule has 2 rings (SSSR count). The summed E-state index contributed by atoms with van der Waals surface area (Å²) in [5.41, 5.74) is 4.14. The number of alkyl halides is 3. The van der Waals surface area contributed by atoms with Gasteiger partial charge in [0.05, 0.1) is 12.7 Å². The van der Waals surface area contributed by atoms with Crippen molar-refractivity contribution < 1.29 is 27.1 Å². The van der Waals surface area contributed by atoms with Crippen LogP contribution in [-0.4, -0.2) is 18.1 Å². The first kappa shape index (κ1) is 16.5. The Labute approximate surface area is 128 Å². The molecule has 0 spiro atoms. The summed E-state index contributed by atoms with van der Waals surface area (Å²) in [6.07, 6.45) is -4.53. The molecule has 2 aromatic rings. The van der Waals surface area contributed by atoms with Gasteiger partial charge in [0.1, 0.15) is 11.4 Å². The van der Waals surface area contributed by atoms with Crippen LogP contribution < -0.4 is 11.1 Å². The van der Waals surface area contributed by atoms with Crippen molar-refractivity contribution >= 4 is 23.3 Å². The highest BCUT2D eigenvalue weighted by Gasteiger charge is 2.30. The number of anilines is 3. The Hall–Kier alpha value is -2.84. The topological polar surface area (TPSA) is 77.2 Å². The number of benzene rings is 1. The fourth-order valence-corrected chi connectivity index (χ4v) is 1.77. The summed E-state index contributed by atoms with van der Waals surface area (Å²) in [5.74, 6) is -2.58. The Morgan fingerprint density at radius 3 is 2.61 bits per heavy atom. The van der Waals surface area contributed by atoms with Crippen LogP contribution in [0.1, 0.15) is 15.9 Å². The van der Waals surface area contributed by atoms with Gasteiger partial charge in [0.2, 0.25) is 0 Å². The summed E-state index contributed by atoms with van der Waals surface area (Å²) in [7, 11) is 1.07. The Morgan fingerprint density at radius 2 is 2.00 bits per heavy atom. The first-order valence-electron chi connectivity index (χ1n) is 6.21. The number of carbonyl (C=O) groups excluding carboxylic acids is 1. The van der Waals surface area contributed by atoms with E-state index in [9.17, 15) is 22.4 Å². The van der Waals surface area contributed by atoms with Crippen LogP contribution in [0.25, 0.3) is 0 Å². The van der Waals surface area contributed by atoms with E-state index in [4.69, 9.17) is 5.73 Å². The van der Waals surface area contributed by atoms with Gasteiger partial charge in [-0.1, -0.05) is 6.07 Å². The zero-order valence-corrected chi connectivity index (χ0v) is 11.7. The lowest BCUT2D eigenvalue weighted by atomic mass is 10.2. The second kappa shape index (κ2) is 6.11. The zero-order valence-electron chi connectivity index (χ0n) is 11.7. The van der Waals surface area contributed by atoms with Gasteiger partial charge in [-0.05, 0) is 24.3 Å². The molecule has 0 amide bonds. The van der Waals surface area contributed by atoms with Crippen LogP contribution >= 0.6 is 0 Å². The van der Waals surface area contributed by atoms with Crippen LogP contribution in [0, 0.1) is 5.82 Å². The largest absolute Gasteiger partial charge is 0.465 e. The first-order valence-corrected chi connectivity index (χ1v) is 6.21. The van der Waals surface area contributed by atoms with E-state index in [2.05, 4.69) is 15.0 Å². The number of hydrogen-bond acceptors (Lipinski definition) is 5. The average Bonchev–Trinajstić information content (AvgIpc) is 2.49. The molecule has 0 bridgehead atoms. The summed E-state index contributed by atoms with van der Waals surface area (Å²) in [5, 5.41) is 2.51. The van der Waals surface area contributed by atoms with Crippen molar-refractivity contribution in [1.82, 2.24) is 4.98 Å². The zero-order chi connectivity index (χ0) is 17.2. The fourth-order valence-electron chi connectivity index (χ4n) is 1.77. The minimum atomic E-state index is -4.53. The van der Waals surface area contributed by atoms with Gasteiger partial charge < -0.3 is 15.8 Å². The number of carbonyl (C=O) groups is 1. The van der Waals surface area contributed by atoms with E-state index in [0.29, 0.717) is 0 Å². The molecule has 1 aromatic heterocycles. The lowest BCUT2D eigenvalue weighted by Crippen LogP contribution is -2.11. The molecule has 1 heterocycles. The Morgan fingerprint density at radius 1 is 1.30 bits per heavy atom. The number of aromatic nitrogens is 1. The third-order valence-corrected chi connectivity index (χ3v) is 2.86. The smallest absolute Gasteiger partial charge is 0.416 e. The van der Waals surface area contributed by atoms with Crippen molar-refractivity contribution in [2.24, 2.45) is 0 Å². The number of nitrogen functional groups attached to an aromatic ring is 1. The van der Waals surface area contributed by atoms with Gasteiger partial charge in [0.25, 0.3) is 0 Å². The predicted octanol–water partition coefficient (Wildman–Crippen LogP) is 3.35. The summed E-state index contributed by atoms with van der Waals surface area (Å²) in [6.45, 7) is 0. The number of nitrogens with two attached hydrogens (primary N) is 1. The summed E-state index contributed by atoms with van der Waals surface area (Å²) in [4.78, 5) is 15.3. The molecule has 0 saturated carbocycles. The number of pyridine rings is 1. The number of ether oxygens (including phenoxy) is 1. The number of hydrogen-bond donors (Lipinski definition) is 2. The van der Waals surface area contributed by atoms with Crippen molar-refractivity contribution in [3.63, 3.8) is 0 Å². The van der Waals surface area contributed by atoms with Crippen LogP contribution in [0.3, 0.4) is 0 Å². The SMILES string of the molecule is COC(=O)c1cc(F)c(N)nc1Nc1cccc(C(F)(F)F)c1. The Bertz CT molecular complexity index is 747. The number of methoxy groups -OCH3 is 1. The Kier molecular flexibility index (Phi) is 4.39. The molecule has 0 aliphatic carbocycles. The van der Waals surface area contributed by atoms with E-state index < -0.39 is 29.3 Å². The van der Waals surface area contributed by atoms with E-state index in [1.807, 2.05) is 0 Å². The normalized spacial score (nSPS) is 11.2. The molecule has 0 radical (unpaired) electrons. The highest BCUT2D eigenvalue weighted by molar-refractivity contribution is 5.95. The van der Waals surface area contributed by atoms with Crippen LogP contribution in [0.15, 0.2) is 30.3 Å². The second-order valence-corrected chi connectivity index (χ2v) is 4.45. The number of nitrogens with zero attached hydrogens (tertiary/aromatic N) is 1. The van der Waals surface area contributed by atoms with Gasteiger partial charge in [-0.15, -0.1) is 0 Å². The van der Waals surface area contributed by atoms with E-state index >= 15 is 0 Å². The highest BCUT2D eigenvalue weighted by atomic mass is 19.4. The average molecular weight is 329 g/mol. The third kappa shape index (κ3) is 3.68. The molecule has 0 fully saturated rings. The monoisotopic (exact) mass is 329 g/mol. The molecule has 0 aliphatic heterocycles. The van der Waals surface area contributed by atoms with Crippen molar-refractivity contribution in [3.05, 3.63) is 47.3 Å². The van der Waals surface area contributed by atoms with Gasteiger partial charge in [0.15, 0.2) is 11.6 Å². The van der Waals surface area contributed by atoms with E-state index in [0.717, 1.165) is 25.3 Å². The molecule has 0 aliphatic rings. The van der Waals surface area contributed by atoms with Crippen LogP contribution in [0.4, 0.5) is 34.9 Å². The van der Waals surface area contributed by atoms with Crippen molar-refractivity contribution in [3.8, 4) is 0 Å². The molecule has 122 valence electrons. The van der Waals surface area contributed by atoms with Crippen LogP contribution in [-0.2, 0) is 10.9 Å². The molecule has 0 unspecified atom stereocenters. The summed E-state index contributed by atoms with van der Waals surface area (Å²) < 4.78 is 56.0. The standard InChI is InChI=1S/C14H11F4N3O2/c1-23-13(22)9-6-10(15)11(19)21-12(9)20-8-4-2-3-7(5-8)14(16,17)18/h2-6H,1H3,(H3,19,20,21). The summed E-state index contributed by atoms with van der Waals surface area (Å²) in [6, 6.07) is 5.01. The van der Waals surface area contributed by atoms with Gasteiger partial charge in [-0.3, -0.25) is 0 Å². The quantitative estimate of drug-likeness (QED) is 0.667. The first-order chi connectivity index (χ1) is 10.7. The fraction of sp³-hybridized carbons (Fsp3) is 0.143. The van der Waals surface area contributed by atoms with Gasteiger partial charge in [-0.2, -0.15) is 13.2 Å².